The number of thiophene rings is 1. The van der Waals surface area contributed by atoms with Crippen LogP contribution in [0.1, 0.15) is 4.88 Å². The molecule has 0 radical (unpaired) electrons. The minimum atomic E-state index is -0.574. The van der Waals surface area contributed by atoms with Gasteiger partial charge in [0.05, 0.1) is 6.54 Å². The van der Waals surface area contributed by atoms with Crippen LogP contribution in [0.15, 0.2) is 41.8 Å². The van der Waals surface area contributed by atoms with Crippen LogP contribution in [0, 0.1) is 0 Å². The highest BCUT2D eigenvalue weighted by atomic mass is 32.1. The molecule has 2 heterocycles. The molecule has 20 heavy (non-hydrogen) atoms. The zero-order chi connectivity index (χ0) is 13.9. The van der Waals surface area contributed by atoms with Crippen molar-refractivity contribution in [3.8, 4) is 11.5 Å². The van der Waals surface area contributed by atoms with Crippen LogP contribution in [0.5, 0.6) is 11.5 Å². The van der Waals surface area contributed by atoms with Crippen LogP contribution < -0.4 is 9.47 Å². The van der Waals surface area contributed by atoms with Crippen molar-refractivity contribution in [2.24, 2.45) is 0 Å². The Hall–Kier alpha value is -2.01. The van der Waals surface area contributed by atoms with Gasteiger partial charge in [-0.1, -0.05) is 18.2 Å². The molecule has 1 aromatic heterocycles. The summed E-state index contributed by atoms with van der Waals surface area (Å²) in [5.41, 5.74) is 0. The van der Waals surface area contributed by atoms with Crippen LogP contribution in [0.4, 0.5) is 0 Å². The summed E-state index contributed by atoms with van der Waals surface area (Å²) in [7, 11) is 1.78. The molecule has 4 nitrogen and oxygen atoms in total. The minimum absolute atomic E-state index is 0.0621. The second-order valence-electron chi connectivity index (χ2n) is 4.64. The average molecular weight is 289 g/mol. The van der Waals surface area contributed by atoms with Gasteiger partial charge >= 0.3 is 0 Å². The summed E-state index contributed by atoms with van der Waals surface area (Å²) in [6, 6.07) is 11.4. The highest BCUT2D eigenvalue weighted by molar-refractivity contribution is 7.09. The Kier molecular flexibility index (Phi) is 3.60. The van der Waals surface area contributed by atoms with Crippen molar-refractivity contribution in [2.45, 2.75) is 12.6 Å². The molecule has 5 heteroatoms. The topological polar surface area (TPSA) is 38.8 Å². The van der Waals surface area contributed by atoms with Crippen molar-refractivity contribution in [1.29, 1.82) is 0 Å². The largest absolute Gasteiger partial charge is 0.485 e. The predicted molar refractivity (Wildman–Crippen MR) is 77.1 cm³/mol. The number of para-hydroxylation sites is 2. The maximum absolute atomic E-state index is 12.4. The van der Waals surface area contributed by atoms with Crippen molar-refractivity contribution in [3.05, 3.63) is 46.7 Å². The standard InChI is InChI=1S/C15H15NO3S/c1-16(9-11-5-4-8-20-11)15(17)14-10-18-12-6-2-3-7-13(12)19-14/h2-8,14H,9-10H2,1H3/t14-/m1/s1. The number of likely N-dealkylation sites (N-methyl/N-ethyl adjacent to an activating group) is 1. The summed E-state index contributed by atoms with van der Waals surface area (Å²) in [6.07, 6.45) is -0.574. The lowest BCUT2D eigenvalue weighted by Gasteiger charge is -2.28. The second kappa shape index (κ2) is 5.54. The molecule has 0 unspecified atom stereocenters. The lowest BCUT2D eigenvalue weighted by Crippen LogP contribution is -2.44. The normalized spacial score (nSPS) is 16.8. The highest BCUT2D eigenvalue weighted by Gasteiger charge is 2.29. The summed E-state index contributed by atoms with van der Waals surface area (Å²) in [5.74, 6) is 1.26. The van der Waals surface area contributed by atoms with Gasteiger partial charge in [-0.3, -0.25) is 4.79 Å². The van der Waals surface area contributed by atoms with E-state index in [2.05, 4.69) is 0 Å². The van der Waals surface area contributed by atoms with Gasteiger partial charge in [0, 0.05) is 11.9 Å². The Morgan fingerprint density at radius 2 is 2.10 bits per heavy atom. The number of fused-ring (bicyclic) bond motifs is 1. The lowest BCUT2D eigenvalue weighted by atomic mass is 10.2. The zero-order valence-corrected chi connectivity index (χ0v) is 11.9. The van der Waals surface area contributed by atoms with Gasteiger partial charge in [0.2, 0.25) is 6.10 Å². The Morgan fingerprint density at radius 1 is 1.30 bits per heavy atom. The van der Waals surface area contributed by atoms with Gasteiger partial charge in [-0.15, -0.1) is 11.3 Å². The van der Waals surface area contributed by atoms with Crippen LogP contribution in [0.2, 0.25) is 0 Å². The van der Waals surface area contributed by atoms with Crippen LogP contribution in [0.25, 0.3) is 0 Å². The van der Waals surface area contributed by atoms with Crippen LogP contribution in [-0.4, -0.2) is 30.6 Å². The van der Waals surface area contributed by atoms with Crippen molar-refractivity contribution >= 4 is 17.2 Å². The number of benzene rings is 1. The highest BCUT2D eigenvalue weighted by Crippen LogP contribution is 2.31. The number of nitrogens with zero attached hydrogens (tertiary/aromatic N) is 1. The van der Waals surface area contributed by atoms with Gasteiger partial charge in [-0.05, 0) is 23.6 Å². The monoisotopic (exact) mass is 289 g/mol. The summed E-state index contributed by atoms with van der Waals surface area (Å²) < 4.78 is 11.3. The molecule has 3 rings (SSSR count). The molecule has 2 aromatic rings. The molecular weight excluding hydrogens is 274 g/mol. The second-order valence-corrected chi connectivity index (χ2v) is 5.67. The molecule has 104 valence electrons. The Labute approximate surface area is 121 Å². The molecule has 0 bridgehead atoms. The molecular formula is C15H15NO3S. The maximum Gasteiger partial charge on any atom is 0.267 e. The maximum atomic E-state index is 12.4. The van der Waals surface area contributed by atoms with E-state index in [0.717, 1.165) is 4.88 Å². The molecule has 1 aliphatic rings. The van der Waals surface area contributed by atoms with Crippen molar-refractivity contribution in [2.75, 3.05) is 13.7 Å². The van der Waals surface area contributed by atoms with E-state index in [9.17, 15) is 4.79 Å². The summed E-state index contributed by atoms with van der Waals surface area (Å²) in [5, 5.41) is 2.00. The van der Waals surface area contributed by atoms with Gasteiger partial charge in [-0.25, -0.2) is 0 Å². The number of hydrogen-bond acceptors (Lipinski definition) is 4. The number of amides is 1. The number of carbonyl (C=O) groups is 1. The summed E-state index contributed by atoms with van der Waals surface area (Å²) >= 11 is 1.64. The fraction of sp³-hybridized carbons (Fsp3) is 0.267. The number of ether oxygens (including phenoxy) is 2. The molecule has 0 N–H and O–H groups in total. The molecule has 0 aliphatic carbocycles. The van der Waals surface area contributed by atoms with E-state index in [-0.39, 0.29) is 12.5 Å². The third-order valence-electron chi connectivity index (χ3n) is 3.13. The summed E-state index contributed by atoms with van der Waals surface area (Å²) in [4.78, 5) is 15.2. The molecule has 1 amide bonds. The Morgan fingerprint density at radius 3 is 2.85 bits per heavy atom. The van der Waals surface area contributed by atoms with Gasteiger partial charge in [0.25, 0.3) is 5.91 Å². The molecule has 0 fully saturated rings. The fourth-order valence-corrected chi connectivity index (χ4v) is 2.86. The number of rotatable bonds is 3. The van der Waals surface area contributed by atoms with Crippen molar-refractivity contribution in [1.82, 2.24) is 4.90 Å². The van der Waals surface area contributed by atoms with Gasteiger partial charge in [0.1, 0.15) is 6.61 Å². The van der Waals surface area contributed by atoms with E-state index < -0.39 is 6.10 Å². The molecule has 1 aromatic carbocycles. The van der Waals surface area contributed by atoms with Crippen LogP contribution >= 0.6 is 11.3 Å². The molecule has 0 saturated heterocycles. The molecule has 0 saturated carbocycles. The van der Waals surface area contributed by atoms with Crippen molar-refractivity contribution < 1.29 is 14.3 Å². The van der Waals surface area contributed by atoms with E-state index in [4.69, 9.17) is 9.47 Å². The zero-order valence-electron chi connectivity index (χ0n) is 11.1. The van der Waals surface area contributed by atoms with E-state index in [0.29, 0.717) is 18.0 Å². The van der Waals surface area contributed by atoms with E-state index in [1.165, 1.54) is 0 Å². The fourth-order valence-electron chi connectivity index (χ4n) is 2.10. The third-order valence-corrected chi connectivity index (χ3v) is 3.99. The van der Waals surface area contributed by atoms with E-state index >= 15 is 0 Å². The first-order valence-electron chi connectivity index (χ1n) is 6.40. The van der Waals surface area contributed by atoms with Gasteiger partial charge in [-0.2, -0.15) is 0 Å². The predicted octanol–water partition coefficient (Wildman–Crippen LogP) is 2.55. The molecule has 1 atom stereocenters. The Balaban J connectivity index is 1.66. The van der Waals surface area contributed by atoms with Crippen molar-refractivity contribution in [3.63, 3.8) is 0 Å². The molecule has 1 aliphatic heterocycles. The van der Waals surface area contributed by atoms with Gasteiger partial charge < -0.3 is 14.4 Å². The smallest absolute Gasteiger partial charge is 0.267 e. The van der Waals surface area contributed by atoms with Crippen LogP contribution in [-0.2, 0) is 11.3 Å². The quantitative estimate of drug-likeness (QED) is 0.871. The average Bonchev–Trinajstić information content (AvgIpc) is 2.99. The number of carbonyl (C=O) groups excluding carboxylic acids is 1. The third kappa shape index (κ3) is 2.63. The van der Waals surface area contributed by atoms with Crippen LogP contribution in [0.3, 0.4) is 0 Å². The first kappa shape index (κ1) is 13.0. The summed E-state index contributed by atoms with van der Waals surface area (Å²) in [6.45, 7) is 0.850. The first-order chi connectivity index (χ1) is 9.74. The van der Waals surface area contributed by atoms with E-state index in [1.54, 1.807) is 23.3 Å². The minimum Gasteiger partial charge on any atom is -0.485 e. The Bertz CT molecular complexity index is 597. The van der Waals surface area contributed by atoms with Gasteiger partial charge in [0.15, 0.2) is 11.5 Å². The van der Waals surface area contributed by atoms with E-state index in [1.807, 2.05) is 41.8 Å². The SMILES string of the molecule is CN(Cc1cccs1)C(=O)[C@H]1COc2ccccc2O1. The first-order valence-corrected chi connectivity index (χ1v) is 7.28. The lowest BCUT2D eigenvalue weighted by molar-refractivity contribution is -0.140. The molecule has 0 spiro atoms. The number of hydrogen-bond donors (Lipinski definition) is 0.